The van der Waals surface area contributed by atoms with Crippen molar-refractivity contribution >= 4 is 5.78 Å². The predicted octanol–water partition coefficient (Wildman–Crippen LogP) is 2.54. The summed E-state index contributed by atoms with van der Waals surface area (Å²) in [5, 5.41) is 0. The summed E-state index contributed by atoms with van der Waals surface area (Å²) in [7, 11) is 2.00. The van der Waals surface area contributed by atoms with Crippen LogP contribution in [0.15, 0.2) is 18.2 Å². The number of Topliss-reactive ketones (excluding diaryl/α,β-unsaturated/α-hetero) is 1. The van der Waals surface area contributed by atoms with E-state index in [4.69, 9.17) is 4.74 Å². The molecule has 0 amide bonds. The summed E-state index contributed by atoms with van der Waals surface area (Å²) in [6, 6.07) is 5.78. The Morgan fingerprint density at radius 1 is 1.44 bits per heavy atom. The smallest absolute Gasteiger partial charge is 0.176 e. The van der Waals surface area contributed by atoms with E-state index in [1.54, 1.807) is 0 Å². The van der Waals surface area contributed by atoms with E-state index in [0.29, 0.717) is 6.54 Å². The number of benzene rings is 1. The molecule has 1 heterocycles. The van der Waals surface area contributed by atoms with Crippen LogP contribution in [0.2, 0.25) is 0 Å². The van der Waals surface area contributed by atoms with Crippen LogP contribution in [0.3, 0.4) is 0 Å². The largest absolute Gasteiger partial charge is 0.493 e. The molecular weight excluding hydrogens is 226 g/mol. The molecular formula is C15H21NO2. The fourth-order valence-electron chi connectivity index (χ4n) is 2.20. The number of ketones is 1. The quantitative estimate of drug-likeness (QED) is 0.723. The van der Waals surface area contributed by atoms with Crippen LogP contribution >= 0.6 is 0 Å². The van der Waals surface area contributed by atoms with E-state index in [9.17, 15) is 4.79 Å². The number of unbranched alkanes of at least 4 members (excludes halogenated alkanes) is 1. The SMILES string of the molecule is CCCCN(C)CC(=O)c1ccc2c(c1)CCO2. The van der Waals surface area contributed by atoms with Crippen molar-refractivity contribution in [2.45, 2.75) is 26.2 Å². The highest BCUT2D eigenvalue weighted by Crippen LogP contribution is 2.26. The van der Waals surface area contributed by atoms with Crippen LogP contribution in [-0.2, 0) is 6.42 Å². The molecule has 3 heteroatoms. The van der Waals surface area contributed by atoms with Crippen molar-refractivity contribution in [3.05, 3.63) is 29.3 Å². The molecule has 0 fully saturated rings. The third-order valence-electron chi connectivity index (χ3n) is 3.32. The summed E-state index contributed by atoms with van der Waals surface area (Å²) in [6.45, 7) is 4.38. The molecule has 1 aromatic carbocycles. The van der Waals surface area contributed by atoms with Crippen molar-refractivity contribution in [2.24, 2.45) is 0 Å². The van der Waals surface area contributed by atoms with Crippen molar-refractivity contribution in [1.82, 2.24) is 4.90 Å². The van der Waals surface area contributed by atoms with Gasteiger partial charge in [-0.25, -0.2) is 0 Å². The van der Waals surface area contributed by atoms with E-state index in [2.05, 4.69) is 11.8 Å². The molecule has 1 aliphatic rings. The van der Waals surface area contributed by atoms with Gasteiger partial charge in [0.1, 0.15) is 5.75 Å². The van der Waals surface area contributed by atoms with Gasteiger partial charge in [-0.15, -0.1) is 0 Å². The second-order valence-corrected chi connectivity index (χ2v) is 4.94. The van der Waals surface area contributed by atoms with Crippen molar-refractivity contribution in [3.8, 4) is 5.75 Å². The second-order valence-electron chi connectivity index (χ2n) is 4.94. The van der Waals surface area contributed by atoms with Crippen LogP contribution in [0, 0.1) is 0 Å². The third-order valence-corrected chi connectivity index (χ3v) is 3.32. The zero-order valence-electron chi connectivity index (χ0n) is 11.2. The molecule has 0 radical (unpaired) electrons. The van der Waals surface area contributed by atoms with Crippen LogP contribution in [-0.4, -0.2) is 37.4 Å². The monoisotopic (exact) mass is 247 g/mol. The highest BCUT2D eigenvalue weighted by molar-refractivity contribution is 5.98. The van der Waals surface area contributed by atoms with Gasteiger partial charge in [0.05, 0.1) is 13.2 Å². The molecule has 0 atom stereocenters. The Kier molecular flexibility index (Phi) is 4.37. The molecule has 98 valence electrons. The summed E-state index contributed by atoms with van der Waals surface area (Å²) in [5.74, 6) is 1.13. The molecule has 0 N–H and O–H groups in total. The maximum absolute atomic E-state index is 12.1. The van der Waals surface area contributed by atoms with Gasteiger partial charge in [-0.1, -0.05) is 13.3 Å². The lowest BCUT2D eigenvalue weighted by molar-refractivity contribution is 0.0945. The first-order chi connectivity index (χ1) is 8.70. The molecule has 3 nitrogen and oxygen atoms in total. The highest BCUT2D eigenvalue weighted by Gasteiger charge is 2.15. The van der Waals surface area contributed by atoms with E-state index in [1.807, 2.05) is 25.2 Å². The minimum Gasteiger partial charge on any atom is -0.493 e. The lowest BCUT2D eigenvalue weighted by Crippen LogP contribution is -2.27. The van der Waals surface area contributed by atoms with Crippen LogP contribution < -0.4 is 4.74 Å². The molecule has 2 rings (SSSR count). The Morgan fingerprint density at radius 2 is 2.28 bits per heavy atom. The number of ether oxygens (including phenoxy) is 1. The van der Waals surface area contributed by atoms with Crippen molar-refractivity contribution in [2.75, 3.05) is 26.7 Å². The van der Waals surface area contributed by atoms with Gasteiger partial charge in [0, 0.05) is 12.0 Å². The van der Waals surface area contributed by atoms with Gasteiger partial charge in [0.15, 0.2) is 5.78 Å². The van der Waals surface area contributed by atoms with E-state index in [-0.39, 0.29) is 5.78 Å². The standard InChI is InChI=1S/C15H21NO2/c1-3-4-8-16(2)11-14(17)12-5-6-15-13(10-12)7-9-18-15/h5-6,10H,3-4,7-9,11H2,1-2H3. The van der Waals surface area contributed by atoms with Gasteiger partial charge in [-0.3, -0.25) is 9.69 Å². The topological polar surface area (TPSA) is 29.5 Å². The normalized spacial score (nSPS) is 13.5. The van der Waals surface area contributed by atoms with Gasteiger partial charge < -0.3 is 4.74 Å². The number of likely N-dealkylation sites (N-methyl/N-ethyl adjacent to an activating group) is 1. The molecule has 0 aromatic heterocycles. The lowest BCUT2D eigenvalue weighted by atomic mass is 10.1. The molecule has 18 heavy (non-hydrogen) atoms. The van der Waals surface area contributed by atoms with Crippen LogP contribution in [0.4, 0.5) is 0 Å². The molecule has 1 aromatic rings. The number of rotatable bonds is 6. The number of carbonyl (C=O) groups is 1. The fourth-order valence-corrected chi connectivity index (χ4v) is 2.20. The molecule has 0 saturated carbocycles. The van der Waals surface area contributed by atoms with E-state index in [0.717, 1.165) is 49.3 Å². The summed E-state index contributed by atoms with van der Waals surface area (Å²) in [5.41, 5.74) is 1.97. The van der Waals surface area contributed by atoms with Crippen LogP contribution in [0.5, 0.6) is 5.75 Å². The molecule has 0 bridgehead atoms. The molecule has 0 unspecified atom stereocenters. The zero-order valence-corrected chi connectivity index (χ0v) is 11.2. The fraction of sp³-hybridized carbons (Fsp3) is 0.533. The van der Waals surface area contributed by atoms with E-state index < -0.39 is 0 Å². The average Bonchev–Trinajstić information content (AvgIpc) is 2.83. The first-order valence-electron chi connectivity index (χ1n) is 6.68. The van der Waals surface area contributed by atoms with Gasteiger partial charge in [0.2, 0.25) is 0 Å². The minimum absolute atomic E-state index is 0.198. The van der Waals surface area contributed by atoms with Gasteiger partial charge >= 0.3 is 0 Å². The molecule has 0 aliphatic carbocycles. The Hall–Kier alpha value is -1.35. The second kappa shape index (κ2) is 6.01. The molecule has 0 spiro atoms. The Balaban J connectivity index is 1.96. The molecule has 1 aliphatic heterocycles. The number of nitrogens with zero attached hydrogens (tertiary/aromatic N) is 1. The summed E-state index contributed by atoms with van der Waals surface area (Å²) >= 11 is 0. The molecule has 0 saturated heterocycles. The van der Waals surface area contributed by atoms with Crippen LogP contribution in [0.25, 0.3) is 0 Å². The third kappa shape index (κ3) is 3.10. The number of carbonyl (C=O) groups excluding carboxylic acids is 1. The first kappa shape index (κ1) is 13.1. The maximum atomic E-state index is 12.1. The maximum Gasteiger partial charge on any atom is 0.176 e. The van der Waals surface area contributed by atoms with Crippen molar-refractivity contribution in [1.29, 1.82) is 0 Å². The predicted molar refractivity (Wildman–Crippen MR) is 72.4 cm³/mol. The van der Waals surface area contributed by atoms with Gasteiger partial charge in [-0.2, -0.15) is 0 Å². The van der Waals surface area contributed by atoms with Crippen LogP contribution in [0.1, 0.15) is 35.7 Å². The number of hydrogen-bond acceptors (Lipinski definition) is 3. The van der Waals surface area contributed by atoms with Gasteiger partial charge in [-0.05, 0) is 43.8 Å². The number of fused-ring (bicyclic) bond motifs is 1. The van der Waals surface area contributed by atoms with E-state index >= 15 is 0 Å². The van der Waals surface area contributed by atoms with E-state index in [1.165, 1.54) is 0 Å². The average molecular weight is 247 g/mol. The summed E-state index contributed by atoms with van der Waals surface area (Å²) in [6.07, 6.45) is 3.22. The lowest BCUT2D eigenvalue weighted by Gasteiger charge is -2.15. The van der Waals surface area contributed by atoms with Gasteiger partial charge in [0.25, 0.3) is 0 Å². The first-order valence-corrected chi connectivity index (χ1v) is 6.68. The Labute approximate surface area is 109 Å². The summed E-state index contributed by atoms with van der Waals surface area (Å²) in [4.78, 5) is 14.2. The Morgan fingerprint density at radius 3 is 3.06 bits per heavy atom. The minimum atomic E-state index is 0.198. The number of hydrogen-bond donors (Lipinski definition) is 0. The Bertz CT molecular complexity index is 429. The van der Waals surface area contributed by atoms with Crippen molar-refractivity contribution in [3.63, 3.8) is 0 Å². The summed E-state index contributed by atoms with van der Waals surface area (Å²) < 4.78 is 5.45. The van der Waals surface area contributed by atoms with Crippen molar-refractivity contribution < 1.29 is 9.53 Å². The highest BCUT2D eigenvalue weighted by atomic mass is 16.5. The zero-order chi connectivity index (χ0) is 13.0.